The lowest BCUT2D eigenvalue weighted by Gasteiger charge is -1.86. The average Bonchev–Trinajstić information content (AvgIpc) is 2.42. The third kappa shape index (κ3) is 1.93. The van der Waals surface area contributed by atoms with Crippen LogP contribution in [0.4, 0.5) is 0 Å². The van der Waals surface area contributed by atoms with Gasteiger partial charge in [-0.1, -0.05) is 19.8 Å². The van der Waals surface area contributed by atoms with Crippen LogP contribution < -0.4 is 0 Å². The van der Waals surface area contributed by atoms with E-state index in [4.69, 9.17) is 4.74 Å². The van der Waals surface area contributed by atoms with E-state index in [2.05, 4.69) is 6.92 Å². The quantitative estimate of drug-likeness (QED) is 0.491. The highest BCUT2D eigenvalue weighted by Gasteiger charge is 2.21. The highest BCUT2D eigenvalue weighted by molar-refractivity contribution is 4.81. The summed E-state index contributed by atoms with van der Waals surface area (Å²) in [7, 11) is 0. The predicted molar refractivity (Wildman–Crippen MR) is 28.7 cm³/mol. The largest absolute Gasteiger partial charge is 0.367 e. The first-order valence-corrected chi connectivity index (χ1v) is 2.92. The summed E-state index contributed by atoms with van der Waals surface area (Å²) >= 11 is 0. The second-order valence-electron chi connectivity index (χ2n) is 1.95. The van der Waals surface area contributed by atoms with Gasteiger partial charge in [0.25, 0.3) is 0 Å². The molecular formula is C6H11O. The summed E-state index contributed by atoms with van der Waals surface area (Å²) in [6.07, 6.45) is 4.35. The Balaban J connectivity index is 1.80. The second-order valence-corrected chi connectivity index (χ2v) is 1.95. The number of hydrogen-bond acceptors (Lipinski definition) is 1. The number of epoxide rings is 1. The van der Waals surface area contributed by atoms with Gasteiger partial charge in [-0.05, 0) is 6.42 Å². The van der Waals surface area contributed by atoms with E-state index in [0.29, 0.717) is 6.10 Å². The van der Waals surface area contributed by atoms with Crippen LogP contribution in [0.15, 0.2) is 0 Å². The van der Waals surface area contributed by atoms with Gasteiger partial charge < -0.3 is 4.74 Å². The second kappa shape index (κ2) is 2.31. The molecule has 0 aromatic rings. The van der Waals surface area contributed by atoms with Gasteiger partial charge in [0.1, 0.15) is 6.61 Å². The number of unbranched alkanes of at least 4 members (excludes halogenated alkanes) is 1. The van der Waals surface area contributed by atoms with Crippen molar-refractivity contribution >= 4 is 0 Å². The van der Waals surface area contributed by atoms with E-state index < -0.39 is 0 Å². The summed E-state index contributed by atoms with van der Waals surface area (Å²) in [6, 6.07) is 0. The maximum Gasteiger partial charge on any atom is 0.113 e. The van der Waals surface area contributed by atoms with E-state index in [1.165, 1.54) is 19.3 Å². The van der Waals surface area contributed by atoms with Gasteiger partial charge in [-0.2, -0.15) is 0 Å². The molecule has 1 rings (SSSR count). The van der Waals surface area contributed by atoms with Crippen molar-refractivity contribution in [3.8, 4) is 0 Å². The molecule has 1 heterocycles. The van der Waals surface area contributed by atoms with Crippen molar-refractivity contribution in [1.29, 1.82) is 0 Å². The van der Waals surface area contributed by atoms with E-state index in [9.17, 15) is 0 Å². The fraction of sp³-hybridized carbons (Fsp3) is 0.833. The van der Waals surface area contributed by atoms with Gasteiger partial charge in [-0.3, -0.25) is 0 Å². The summed E-state index contributed by atoms with van der Waals surface area (Å²) in [5, 5.41) is 0. The van der Waals surface area contributed by atoms with Crippen LogP contribution in [0.2, 0.25) is 0 Å². The number of rotatable bonds is 3. The van der Waals surface area contributed by atoms with Gasteiger partial charge in [0.15, 0.2) is 0 Å². The van der Waals surface area contributed by atoms with Gasteiger partial charge in [0, 0.05) is 0 Å². The highest BCUT2D eigenvalue weighted by Crippen LogP contribution is 2.21. The molecule has 7 heavy (non-hydrogen) atoms. The van der Waals surface area contributed by atoms with E-state index >= 15 is 0 Å². The monoisotopic (exact) mass is 99.1 g/mol. The molecule has 0 saturated carbocycles. The van der Waals surface area contributed by atoms with Crippen LogP contribution in [-0.4, -0.2) is 6.10 Å². The summed E-state index contributed by atoms with van der Waals surface area (Å²) < 4.78 is 4.89. The summed E-state index contributed by atoms with van der Waals surface area (Å²) in [5.74, 6) is 0. The normalized spacial score (nSPS) is 27.9. The highest BCUT2D eigenvalue weighted by atomic mass is 16.6. The SMILES string of the molecule is CCCCC1[CH]O1. The average molecular weight is 99.2 g/mol. The Kier molecular flexibility index (Phi) is 1.69. The Morgan fingerprint density at radius 2 is 2.43 bits per heavy atom. The fourth-order valence-electron chi connectivity index (χ4n) is 0.597. The van der Waals surface area contributed by atoms with Crippen LogP contribution in [-0.2, 0) is 4.74 Å². The topological polar surface area (TPSA) is 12.5 Å². The van der Waals surface area contributed by atoms with Crippen LogP contribution in [0.25, 0.3) is 0 Å². The molecule has 0 amide bonds. The Labute approximate surface area is 44.7 Å². The lowest BCUT2D eigenvalue weighted by Crippen LogP contribution is -1.80. The van der Waals surface area contributed by atoms with Crippen LogP contribution in [0.1, 0.15) is 26.2 Å². The van der Waals surface area contributed by atoms with E-state index in [1.54, 1.807) is 0 Å². The first kappa shape index (κ1) is 5.10. The van der Waals surface area contributed by atoms with Crippen molar-refractivity contribution < 1.29 is 4.74 Å². The zero-order valence-electron chi connectivity index (χ0n) is 4.68. The van der Waals surface area contributed by atoms with E-state index in [-0.39, 0.29) is 0 Å². The summed E-state index contributed by atoms with van der Waals surface area (Å²) in [6.45, 7) is 4.10. The molecule has 0 aromatic heterocycles. The Morgan fingerprint density at radius 1 is 1.71 bits per heavy atom. The smallest absolute Gasteiger partial charge is 0.113 e. The fourth-order valence-corrected chi connectivity index (χ4v) is 0.597. The molecule has 1 fully saturated rings. The molecule has 1 heteroatoms. The molecule has 0 aromatic carbocycles. The maximum atomic E-state index is 4.89. The molecule has 0 aliphatic carbocycles. The Morgan fingerprint density at radius 3 is 2.86 bits per heavy atom. The molecule has 0 bridgehead atoms. The minimum Gasteiger partial charge on any atom is -0.367 e. The molecule has 41 valence electrons. The van der Waals surface area contributed by atoms with Crippen molar-refractivity contribution in [3.63, 3.8) is 0 Å². The molecule has 0 N–H and O–H groups in total. The molecule has 0 spiro atoms. The van der Waals surface area contributed by atoms with Gasteiger partial charge in [0.2, 0.25) is 0 Å². The minimum absolute atomic E-state index is 0.528. The van der Waals surface area contributed by atoms with Crippen molar-refractivity contribution in [2.45, 2.75) is 32.3 Å². The van der Waals surface area contributed by atoms with Crippen molar-refractivity contribution in [3.05, 3.63) is 6.61 Å². The lowest BCUT2D eigenvalue weighted by atomic mass is 10.2. The molecule has 1 nitrogen and oxygen atoms in total. The van der Waals surface area contributed by atoms with Gasteiger partial charge in [-0.25, -0.2) is 0 Å². The zero-order chi connectivity index (χ0) is 5.11. The van der Waals surface area contributed by atoms with Crippen LogP contribution in [0.5, 0.6) is 0 Å². The molecule has 1 atom stereocenters. The zero-order valence-corrected chi connectivity index (χ0v) is 4.68. The molecular weight excluding hydrogens is 88.1 g/mol. The van der Waals surface area contributed by atoms with Crippen LogP contribution in [0.3, 0.4) is 0 Å². The van der Waals surface area contributed by atoms with E-state index in [0.717, 1.165) is 0 Å². The number of ether oxygens (including phenoxy) is 1. The van der Waals surface area contributed by atoms with Crippen LogP contribution in [0, 0.1) is 6.61 Å². The minimum atomic E-state index is 0.528. The van der Waals surface area contributed by atoms with Gasteiger partial charge in [0.05, 0.1) is 6.10 Å². The third-order valence-corrected chi connectivity index (χ3v) is 1.17. The third-order valence-electron chi connectivity index (χ3n) is 1.17. The molecule has 1 saturated heterocycles. The standard InChI is InChI=1S/C6H11O/c1-2-3-4-6-5-7-6/h5-6H,2-4H2,1H3. The Bertz CT molecular complexity index is 48.1. The molecule has 1 unspecified atom stereocenters. The summed E-state index contributed by atoms with van der Waals surface area (Å²) in [4.78, 5) is 0. The lowest BCUT2D eigenvalue weighted by molar-refractivity contribution is 0.404. The first-order valence-electron chi connectivity index (χ1n) is 2.92. The maximum absolute atomic E-state index is 4.89. The number of hydrogen-bond donors (Lipinski definition) is 0. The van der Waals surface area contributed by atoms with Crippen molar-refractivity contribution in [2.75, 3.05) is 0 Å². The van der Waals surface area contributed by atoms with Gasteiger partial charge >= 0.3 is 0 Å². The molecule has 1 radical (unpaired) electrons. The van der Waals surface area contributed by atoms with E-state index in [1.807, 2.05) is 6.61 Å². The molecule has 1 aliphatic rings. The van der Waals surface area contributed by atoms with Crippen LogP contribution >= 0.6 is 0 Å². The summed E-state index contributed by atoms with van der Waals surface area (Å²) in [5.41, 5.74) is 0. The van der Waals surface area contributed by atoms with Gasteiger partial charge in [-0.15, -0.1) is 0 Å². The molecule has 1 aliphatic heterocycles. The predicted octanol–water partition coefficient (Wildman–Crippen LogP) is 1.74. The van der Waals surface area contributed by atoms with Crippen molar-refractivity contribution in [1.82, 2.24) is 0 Å². The van der Waals surface area contributed by atoms with Crippen molar-refractivity contribution in [2.24, 2.45) is 0 Å². The Hall–Kier alpha value is -0.0400. The first-order chi connectivity index (χ1) is 3.43.